The van der Waals surface area contributed by atoms with Crippen molar-refractivity contribution in [1.82, 2.24) is 9.97 Å². The SMILES string of the molecule is Cc1cc(F)ccc1Oc1nc2ccc(N)cc2[nH]1. The summed E-state index contributed by atoms with van der Waals surface area (Å²) in [6, 6.07) is 10.1. The Kier molecular flexibility index (Phi) is 2.59. The summed E-state index contributed by atoms with van der Waals surface area (Å²) in [5, 5.41) is 0. The van der Waals surface area contributed by atoms with Gasteiger partial charge in [0.1, 0.15) is 11.6 Å². The van der Waals surface area contributed by atoms with Crippen LogP contribution < -0.4 is 10.5 Å². The molecule has 0 aliphatic heterocycles. The third-order valence-electron chi connectivity index (χ3n) is 2.83. The Bertz CT molecular complexity index is 752. The van der Waals surface area contributed by atoms with Gasteiger partial charge in [-0.1, -0.05) is 0 Å². The predicted octanol–water partition coefficient (Wildman–Crippen LogP) is 3.38. The molecule has 4 nitrogen and oxygen atoms in total. The van der Waals surface area contributed by atoms with Crippen molar-refractivity contribution in [3.8, 4) is 11.8 Å². The van der Waals surface area contributed by atoms with E-state index >= 15 is 0 Å². The van der Waals surface area contributed by atoms with Crippen molar-refractivity contribution in [3.05, 3.63) is 47.8 Å². The number of H-pyrrole nitrogens is 1. The lowest BCUT2D eigenvalue weighted by molar-refractivity contribution is 0.444. The average Bonchev–Trinajstić information content (AvgIpc) is 2.74. The highest BCUT2D eigenvalue weighted by atomic mass is 19.1. The third-order valence-corrected chi connectivity index (χ3v) is 2.83. The smallest absolute Gasteiger partial charge is 0.300 e. The largest absolute Gasteiger partial charge is 0.425 e. The summed E-state index contributed by atoms with van der Waals surface area (Å²) in [5.41, 5.74) is 8.63. The number of nitrogens with zero attached hydrogens (tertiary/aromatic N) is 1. The third kappa shape index (κ3) is 2.22. The second-order valence-corrected chi connectivity index (χ2v) is 4.33. The molecule has 0 unspecified atom stereocenters. The topological polar surface area (TPSA) is 63.9 Å². The van der Waals surface area contributed by atoms with Gasteiger partial charge in [-0.05, 0) is 48.9 Å². The minimum Gasteiger partial charge on any atom is -0.425 e. The van der Waals surface area contributed by atoms with Crippen LogP contribution in [0.4, 0.5) is 10.1 Å². The quantitative estimate of drug-likeness (QED) is 0.692. The normalized spacial score (nSPS) is 10.8. The predicted molar refractivity (Wildman–Crippen MR) is 71.7 cm³/mol. The van der Waals surface area contributed by atoms with Gasteiger partial charge in [0.25, 0.3) is 6.01 Å². The fourth-order valence-electron chi connectivity index (χ4n) is 1.88. The molecule has 0 fully saturated rings. The number of imidazole rings is 1. The van der Waals surface area contributed by atoms with E-state index in [1.54, 1.807) is 25.1 Å². The molecule has 19 heavy (non-hydrogen) atoms. The monoisotopic (exact) mass is 257 g/mol. The lowest BCUT2D eigenvalue weighted by Crippen LogP contribution is -1.89. The van der Waals surface area contributed by atoms with E-state index in [-0.39, 0.29) is 5.82 Å². The molecule has 0 radical (unpaired) electrons. The van der Waals surface area contributed by atoms with Crippen LogP contribution in [0.3, 0.4) is 0 Å². The van der Waals surface area contributed by atoms with Crippen molar-refractivity contribution in [2.75, 3.05) is 5.73 Å². The summed E-state index contributed by atoms with van der Waals surface area (Å²) in [7, 11) is 0. The maximum atomic E-state index is 13.0. The molecule has 3 aromatic rings. The standard InChI is InChI=1S/C14H12FN3O/c1-8-6-9(15)2-5-13(8)19-14-17-11-4-3-10(16)7-12(11)18-14/h2-7H,16H2,1H3,(H,17,18). The molecule has 0 aliphatic rings. The maximum absolute atomic E-state index is 13.0. The number of nitrogen functional groups attached to an aromatic ring is 1. The first kappa shape index (κ1) is 11.5. The average molecular weight is 257 g/mol. The summed E-state index contributed by atoms with van der Waals surface area (Å²) >= 11 is 0. The van der Waals surface area contributed by atoms with Crippen molar-refractivity contribution >= 4 is 16.7 Å². The van der Waals surface area contributed by atoms with Crippen LogP contribution in [-0.4, -0.2) is 9.97 Å². The Morgan fingerprint density at radius 2 is 2.05 bits per heavy atom. The molecule has 5 heteroatoms. The lowest BCUT2D eigenvalue weighted by atomic mass is 10.2. The number of rotatable bonds is 2. The van der Waals surface area contributed by atoms with Gasteiger partial charge in [0, 0.05) is 5.69 Å². The zero-order valence-electron chi connectivity index (χ0n) is 10.3. The highest BCUT2D eigenvalue weighted by Crippen LogP contribution is 2.26. The Morgan fingerprint density at radius 1 is 1.21 bits per heavy atom. The number of aromatic amines is 1. The zero-order valence-corrected chi connectivity index (χ0v) is 10.3. The van der Waals surface area contributed by atoms with Gasteiger partial charge in [-0.15, -0.1) is 0 Å². The van der Waals surface area contributed by atoms with Crippen LogP contribution in [0.5, 0.6) is 11.8 Å². The first-order valence-corrected chi connectivity index (χ1v) is 5.81. The molecule has 1 heterocycles. The Hall–Kier alpha value is -2.56. The number of nitrogens with two attached hydrogens (primary N) is 1. The van der Waals surface area contributed by atoms with E-state index in [0.717, 1.165) is 11.0 Å². The van der Waals surface area contributed by atoms with Crippen LogP contribution in [0.25, 0.3) is 11.0 Å². The number of anilines is 1. The van der Waals surface area contributed by atoms with Crippen molar-refractivity contribution in [2.45, 2.75) is 6.92 Å². The highest BCUT2D eigenvalue weighted by Gasteiger charge is 2.07. The Labute approximate surface area is 109 Å². The molecule has 2 aromatic carbocycles. The molecule has 3 N–H and O–H groups in total. The van der Waals surface area contributed by atoms with Crippen LogP contribution in [0.15, 0.2) is 36.4 Å². The zero-order chi connectivity index (χ0) is 13.4. The van der Waals surface area contributed by atoms with Crippen molar-refractivity contribution in [1.29, 1.82) is 0 Å². The molecule has 1 aromatic heterocycles. The number of aromatic nitrogens is 2. The summed E-state index contributed by atoms with van der Waals surface area (Å²) in [4.78, 5) is 7.31. The molecule has 0 amide bonds. The van der Waals surface area contributed by atoms with E-state index in [4.69, 9.17) is 10.5 Å². The van der Waals surface area contributed by atoms with E-state index in [2.05, 4.69) is 9.97 Å². The van der Waals surface area contributed by atoms with Gasteiger partial charge in [0.2, 0.25) is 0 Å². The number of fused-ring (bicyclic) bond motifs is 1. The first-order valence-electron chi connectivity index (χ1n) is 5.81. The van der Waals surface area contributed by atoms with Gasteiger partial charge in [-0.25, -0.2) is 4.39 Å². The van der Waals surface area contributed by atoms with Gasteiger partial charge >= 0.3 is 0 Å². The van der Waals surface area contributed by atoms with Gasteiger partial charge in [-0.3, -0.25) is 0 Å². The van der Waals surface area contributed by atoms with Gasteiger partial charge in [-0.2, -0.15) is 4.98 Å². The number of hydrogen-bond acceptors (Lipinski definition) is 3. The van der Waals surface area contributed by atoms with Crippen LogP contribution in [0.1, 0.15) is 5.56 Å². The number of ether oxygens (including phenoxy) is 1. The molecule has 3 rings (SSSR count). The molecule has 0 spiro atoms. The van der Waals surface area contributed by atoms with Crippen LogP contribution in [-0.2, 0) is 0 Å². The molecule has 0 saturated heterocycles. The second kappa shape index (κ2) is 4.28. The van der Waals surface area contributed by atoms with Gasteiger partial charge in [0.15, 0.2) is 0 Å². The summed E-state index contributed by atoms with van der Waals surface area (Å²) < 4.78 is 18.6. The van der Waals surface area contributed by atoms with Crippen LogP contribution in [0, 0.1) is 12.7 Å². The number of halogens is 1. The Balaban J connectivity index is 1.96. The minimum atomic E-state index is -0.290. The second-order valence-electron chi connectivity index (χ2n) is 4.33. The molecule has 0 aliphatic carbocycles. The molecular formula is C14H12FN3O. The summed E-state index contributed by atoms with van der Waals surface area (Å²) in [6.07, 6.45) is 0. The maximum Gasteiger partial charge on any atom is 0.300 e. The van der Waals surface area contributed by atoms with Crippen LogP contribution in [0.2, 0.25) is 0 Å². The number of hydrogen-bond donors (Lipinski definition) is 2. The van der Waals surface area contributed by atoms with E-state index < -0.39 is 0 Å². The van der Waals surface area contributed by atoms with E-state index in [9.17, 15) is 4.39 Å². The van der Waals surface area contributed by atoms with Crippen LogP contribution >= 0.6 is 0 Å². The van der Waals surface area contributed by atoms with E-state index in [1.165, 1.54) is 12.1 Å². The van der Waals surface area contributed by atoms with E-state index in [0.29, 0.717) is 23.0 Å². The van der Waals surface area contributed by atoms with Crippen molar-refractivity contribution in [3.63, 3.8) is 0 Å². The number of aryl methyl sites for hydroxylation is 1. The van der Waals surface area contributed by atoms with Gasteiger partial charge < -0.3 is 15.5 Å². The minimum absolute atomic E-state index is 0.290. The molecule has 0 atom stereocenters. The molecule has 0 saturated carbocycles. The Morgan fingerprint density at radius 3 is 2.84 bits per heavy atom. The number of benzene rings is 2. The molecular weight excluding hydrogens is 245 g/mol. The van der Waals surface area contributed by atoms with E-state index in [1.807, 2.05) is 6.07 Å². The first-order chi connectivity index (χ1) is 9.11. The van der Waals surface area contributed by atoms with Crippen molar-refractivity contribution in [2.24, 2.45) is 0 Å². The van der Waals surface area contributed by atoms with Gasteiger partial charge in [0.05, 0.1) is 11.0 Å². The number of nitrogens with one attached hydrogen (secondary N) is 1. The fraction of sp³-hybridized carbons (Fsp3) is 0.0714. The van der Waals surface area contributed by atoms with Crippen molar-refractivity contribution < 1.29 is 9.13 Å². The highest BCUT2D eigenvalue weighted by molar-refractivity contribution is 5.79. The molecule has 96 valence electrons. The fourth-order valence-corrected chi connectivity index (χ4v) is 1.88. The molecule has 0 bridgehead atoms. The lowest BCUT2D eigenvalue weighted by Gasteiger charge is -2.04. The summed E-state index contributed by atoms with van der Waals surface area (Å²) in [5.74, 6) is 0.274. The summed E-state index contributed by atoms with van der Waals surface area (Å²) in [6.45, 7) is 1.78.